The number of carbonyl (C=O) groups is 1. The van der Waals surface area contributed by atoms with Crippen LogP contribution in [0, 0.1) is 40.0 Å². The van der Waals surface area contributed by atoms with Crippen molar-refractivity contribution in [2.24, 2.45) is 5.41 Å². The van der Waals surface area contributed by atoms with E-state index in [1.165, 1.54) is 0 Å². The first-order valence-corrected chi connectivity index (χ1v) is 12.5. The maximum absolute atomic E-state index is 13.4. The number of fused-ring (bicyclic) bond motifs is 1. The standard InChI is InChI=1S/C25H34N2O4S/c1-9-12-27-21-11-10-20(13-22(21)31-14-25(7,8)24(27)28)26-32(29,30)23-18(5)16(3)15(2)17(4)19(23)6/h10-11,13,26H,9,12,14H2,1-8H3. The third-order valence-corrected chi connectivity index (χ3v) is 8.22. The van der Waals surface area contributed by atoms with Crippen LogP contribution in [0.15, 0.2) is 23.1 Å². The van der Waals surface area contributed by atoms with E-state index in [4.69, 9.17) is 4.74 Å². The second-order valence-electron chi connectivity index (χ2n) is 9.37. The van der Waals surface area contributed by atoms with Gasteiger partial charge >= 0.3 is 0 Å². The van der Waals surface area contributed by atoms with Crippen molar-refractivity contribution in [2.45, 2.75) is 66.7 Å². The van der Waals surface area contributed by atoms with E-state index < -0.39 is 15.4 Å². The fraction of sp³-hybridized carbons (Fsp3) is 0.480. The molecule has 0 atom stereocenters. The van der Waals surface area contributed by atoms with Gasteiger partial charge in [0.15, 0.2) is 0 Å². The smallest absolute Gasteiger partial charge is 0.262 e. The summed E-state index contributed by atoms with van der Waals surface area (Å²) in [6, 6.07) is 5.11. The predicted molar refractivity (Wildman–Crippen MR) is 129 cm³/mol. The Morgan fingerprint density at radius 1 is 1.00 bits per heavy atom. The largest absolute Gasteiger partial charge is 0.490 e. The van der Waals surface area contributed by atoms with Crippen LogP contribution in [-0.4, -0.2) is 27.5 Å². The zero-order valence-electron chi connectivity index (χ0n) is 20.3. The first-order valence-electron chi connectivity index (χ1n) is 11.0. The van der Waals surface area contributed by atoms with Crippen LogP contribution in [0.3, 0.4) is 0 Å². The zero-order chi connectivity index (χ0) is 24.0. The number of amides is 1. The molecule has 0 unspecified atom stereocenters. The molecule has 0 bridgehead atoms. The Morgan fingerprint density at radius 2 is 1.56 bits per heavy atom. The molecule has 0 aromatic heterocycles. The highest BCUT2D eigenvalue weighted by Gasteiger charge is 2.37. The summed E-state index contributed by atoms with van der Waals surface area (Å²) < 4.78 is 35.5. The average Bonchev–Trinajstić information content (AvgIpc) is 2.81. The molecule has 0 radical (unpaired) electrons. The monoisotopic (exact) mass is 458 g/mol. The van der Waals surface area contributed by atoms with E-state index in [0.29, 0.717) is 28.6 Å². The van der Waals surface area contributed by atoms with Gasteiger partial charge in [0.2, 0.25) is 5.91 Å². The lowest BCUT2D eigenvalue weighted by Gasteiger charge is -2.27. The summed E-state index contributed by atoms with van der Waals surface area (Å²) in [5.74, 6) is 0.505. The number of benzene rings is 2. The van der Waals surface area contributed by atoms with Crippen molar-refractivity contribution in [1.29, 1.82) is 0 Å². The number of rotatable bonds is 5. The van der Waals surface area contributed by atoms with Crippen LogP contribution in [0.25, 0.3) is 0 Å². The topological polar surface area (TPSA) is 75.7 Å². The first kappa shape index (κ1) is 24.1. The quantitative estimate of drug-likeness (QED) is 0.669. The molecule has 1 amide bonds. The van der Waals surface area contributed by atoms with Crippen molar-refractivity contribution in [3.63, 3.8) is 0 Å². The van der Waals surface area contributed by atoms with Crippen LogP contribution in [0.4, 0.5) is 11.4 Å². The lowest BCUT2D eigenvalue weighted by atomic mass is 9.93. The lowest BCUT2D eigenvalue weighted by Crippen LogP contribution is -2.42. The SMILES string of the molecule is CCCN1C(=O)C(C)(C)COc2cc(NS(=O)(=O)c3c(C)c(C)c(C)c(C)c3C)ccc21. The molecular formula is C25H34N2O4S. The molecule has 32 heavy (non-hydrogen) atoms. The lowest BCUT2D eigenvalue weighted by molar-refractivity contribution is -0.127. The van der Waals surface area contributed by atoms with Crippen molar-refractivity contribution in [2.75, 3.05) is 22.8 Å². The highest BCUT2D eigenvalue weighted by Crippen LogP contribution is 2.39. The minimum absolute atomic E-state index is 0.00304. The van der Waals surface area contributed by atoms with Gasteiger partial charge in [-0.15, -0.1) is 0 Å². The number of nitrogens with one attached hydrogen (secondary N) is 1. The fourth-order valence-electron chi connectivity index (χ4n) is 4.23. The number of nitrogens with zero attached hydrogens (tertiary/aromatic N) is 1. The Kier molecular flexibility index (Phi) is 6.35. The number of sulfonamides is 1. The Balaban J connectivity index is 2.04. The highest BCUT2D eigenvalue weighted by atomic mass is 32.2. The number of carbonyl (C=O) groups excluding carboxylic acids is 1. The Morgan fingerprint density at radius 3 is 2.12 bits per heavy atom. The minimum atomic E-state index is -3.82. The van der Waals surface area contributed by atoms with Crippen molar-refractivity contribution >= 4 is 27.3 Å². The van der Waals surface area contributed by atoms with Crippen molar-refractivity contribution in [3.05, 3.63) is 46.0 Å². The Hall–Kier alpha value is -2.54. The molecule has 1 aliphatic rings. The highest BCUT2D eigenvalue weighted by molar-refractivity contribution is 7.92. The maximum atomic E-state index is 13.4. The average molecular weight is 459 g/mol. The van der Waals surface area contributed by atoms with E-state index in [9.17, 15) is 13.2 Å². The summed E-state index contributed by atoms with van der Waals surface area (Å²) in [5, 5.41) is 0. The molecule has 2 aromatic rings. The Bertz CT molecular complexity index is 1150. The summed E-state index contributed by atoms with van der Waals surface area (Å²) in [4.78, 5) is 15.1. The summed E-state index contributed by atoms with van der Waals surface area (Å²) in [6.07, 6.45) is 0.806. The molecule has 0 fully saturated rings. The van der Waals surface area contributed by atoms with Crippen molar-refractivity contribution in [3.8, 4) is 5.75 Å². The molecule has 1 N–H and O–H groups in total. The molecule has 174 valence electrons. The van der Waals surface area contributed by atoms with E-state index in [1.807, 2.05) is 55.4 Å². The normalized spacial score (nSPS) is 15.8. The molecule has 0 spiro atoms. The van der Waals surface area contributed by atoms with Gasteiger partial charge in [-0.3, -0.25) is 9.52 Å². The van der Waals surface area contributed by atoms with E-state index in [0.717, 1.165) is 34.2 Å². The minimum Gasteiger partial charge on any atom is -0.490 e. The van der Waals surface area contributed by atoms with Crippen LogP contribution in [0.1, 0.15) is 55.0 Å². The predicted octanol–water partition coefficient (Wildman–Crippen LogP) is 5.19. The summed E-state index contributed by atoms with van der Waals surface area (Å²) in [6.45, 7) is 16.2. The van der Waals surface area contributed by atoms with Crippen molar-refractivity contribution < 1.29 is 17.9 Å². The van der Waals surface area contributed by atoms with Crippen molar-refractivity contribution in [1.82, 2.24) is 0 Å². The molecule has 0 aliphatic carbocycles. The third kappa shape index (κ3) is 4.10. The van der Waals surface area contributed by atoms with Crippen LogP contribution >= 0.6 is 0 Å². The Labute approximate surface area is 192 Å². The van der Waals surface area contributed by atoms with Gasteiger partial charge in [0.1, 0.15) is 12.4 Å². The summed E-state index contributed by atoms with van der Waals surface area (Å²) >= 11 is 0. The third-order valence-electron chi connectivity index (χ3n) is 6.56. The van der Waals surface area contributed by atoms with E-state index >= 15 is 0 Å². The number of ether oxygens (including phenoxy) is 1. The number of hydrogen-bond acceptors (Lipinski definition) is 4. The van der Waals surface area contributed by atoms with Crippen LogP contribution in [-0.2, 0) is 14.8 Å². The molecule has 1 heterocycles. The molecule has 0 saturated carbocycles. The molecule has 3 rings (SSSR count). The second-order valence-corrected chi connectivity index (χ2v) is 11.0. The van der Waals surface area contributed by atoms with Gasteiger partial charge in [-0.05, 0) is 94.8 Å². The van der Waals surface area contributed by atoms with Crippen LogP contribution in [0.2, 0.25) is 0 Å². The number of hydrogen-bond donors (Lipinski definition) is 1. The molecule has 7 heteroatoms. The van der Waals surface area contributed by atoms with Gasteiger partial charge in [-0.25, -0.2) is 8.42 Å². The van der Waals surface area contributed by atoms with Gasteiger partial charge in [0, 0.05) is 12.6 Å². The number of anilines is 2. The van der Waals surface area contributed by atoms with Gasteiger partial charge in [0.05, 0.1) is 21.7 Å². The maximum Gasteiger partial charge on any atom is 0.262 e. The van der Waals surface area contributed by atoms with Gasteiger partial charge in [0.25, 0.3) is 10.0 Å². The molecule has 6 nitrogen and oxygen atoms in total. The fourth-order valence-corrected chi connectivity index (χ4v) is 5.88. The first-order chi connectivity index (χ1) is 14.8. The summed E-state index contributed by atoms with van der Waals surface area (Å²) in [5.41, 5.74) is 4.99. The van der Waals surface area contributed by atoms with Crippen LogP contribution < -0.4 is 14.4 Å². The molecule has 0 saturated heterocycles. The molecular weight excluding hydrogens is 424 g/mol. The zero-order valence-corrected chi connectivity index (χ0v) is 21.2. The molecule has 1 aliphatic heterocycles. The van der Waals surface area contributed by atoms with Gasteiger partial charge in [-0.1, -0.05) is 6.92 Å². The van der Waals surface area contributed by atoms with E-state index in [2.05, 4.69) is 4.72 Å². The van der Waals surface area contributed by atoms with E-state index in [1.54, 1.807) is 23.1 Å². The van der Waals surface area contributed by atoms with Crippen LogP contribution in [0.5, 0.6) is 5.75 Å². The molecule has 2 aromatic carbocycles. The second kappa shape index (κ2) is 8.43. The van der Waals surface area contributed by atoms with E-state index in [-0.39, 0.29) is 12.5 Å². The van der Waals surface area contributed by atoms with Gasteiger partial charge < -0.3 is 9.64 Å². The summed E-state index contributed by atoms with van der Waals surface area (Å²) in [7, 11) is -3.82. The van der Waals surface area contributed by atoms with Gasteiger partial charge in [-0.2, -0.15) is 0 Å².